The molecule has 0 unspecified atom stereocenters. The molecule has 28 heavy (non-hydrogen) atoms. The second kappa shape index (κ2) is 9.90. The van der Waals surface area contributed by atoms with Gasteiger partial charge in [-0.25, -0.2) is 4.79 Å². The van der Waals surface area contributed by atoms with Gasteiger partial charge in [-0.05, 0) is 29.7 Å². The predicted octanol–water partition coefficient (Wildman–Crippen LogP) is 3.58. The van der Waals surface area contributed by atoms with Crippen LogP contribution in [0.5, 0.6) is 5.75 Å². The van der Waals surface area contributed by atoms with Crippen molar-refractivity contribution in [3.05, 3.63) is 65.7 Å². The number of rotatable bonds is 8. The van der Waals surface area contributed by atoms with Crippen molar-refractivity contribution >= 4 is 12.4 Å². The van der Waals surface area contributed by atoms with Gasteiger partial charge in [-0.15, -0.1) is 0 Å². The van der Waals surface area contributed by atoms with E-state index < -0.39 is 6.09 Å². The van der Waals surface area contributed by atoms with Gasteiger partial charge in [0.2, 0.25) is 0 Å². The molecule has 3 rings (SSSR count). The maximum Gasteiger partial charge on any atom is 0.410 e. The van der Waals surface area contributed by atoms with Gasteiger partial charge in [0.05, 0.1) is 26.4 Å². The minimum atomic E-state index is -0.411. The smallest absolute Gasteiger partial charge is 0.410 e. The van der Waals surface area contributed by atoms with Crippen LogP contribution in [-0.4, -0.2) is 43.1 Å². The zero-order chi connectivity index (χ0) is 19.8. The first-order valence-electron chi connectivity index (χ1n) is 9.35. The molecule has 0 saturated carbocycles. The van der Waals surface area contributed by atoms with E-state index in [2.05, 4.69) is 0 Å². The Morgan fingerprint density at radius 2 is 1.79 bits per heavy atom. The molecule has 1 fully saturated rings. The van der Waals surface area contributed by atoms with Crippen LogP contribution in [0, 0.1) is 0 Å². The quantitative estimate of drug-likeness (QED) is 0.652. The Bertz CT molecular complexity index is 762. The zero-order valence-corrected chi connectivity index (χ0v) is 16.0. The lowest BCUT2D eigenvalue weighted by Gasteiger charge is -2.22. The van der Waals surface area contributed by atoms with Gasteiger partial charge >= 0.3 is 6.09 Å². The lowest BCUT2D eigenvalue weighted by molar-refractivity contribution is -0.108. The lowest BCUT2D eigenvalue weighted by atomic mass is 10.1. The lowest BCUT2D eigenvalue weighted by Crippen LogP contribution is -2.36. The third-order valence-electron chi connectivity index (χ3n) is 4.83. The number of ether oxygens (including phenoxy) is 3. The number of hydrogen-bond donors (Lipinski definition) is 0. The molecule has 0 bridgehead atoms. The number of hydrogen-bond acceptors (Lipinski definition) is 5. The Morgan fingerprint density at radius 1 is 1.07 bits per heavy atom. The first-order valence-corrected chi connectivity index (χ1v) is 9.35. The maximum atomic E-state index is 12.5. The highest BCUT2D eigenvalue weighted by Gasteiger charge is 2.36. The summed E-state index contributed by atoms with van der Waals surface area (Å²) in [6, 6.07) is 17.0. The van der Waals surface area contributed by atoms with E-state index in [0.717, 1.165) is 23.2 Å². The fourth-order valence-electron chi connectivity index (χ4n) is 3.29. The number of benzene rings is 2. The van der Waals surface area contributed by atoms with Gasteiger partial charge in [0.15, 0.2) is 0 Å². The molecule has 2 aromatic rings. The highest BCUT2D eigenvalue weighted by molar-refractivity contribution is 5.69. The number of carbonyl (C=O) groups excluding carboxylic acids is 2. The number of amides is 1. The molecule has 0 aromatic heterocycles. The Kier molecular flexibility index (Phi) is 7.03. The summed E-state index contributed by atoms with van der Waals surface area (Å²) in [6.07, 6.45) is 1.20. The Labute approximate surface area is 165 Å². The fraction of sp³-hybridized carbons (Fsp3) is 0.364. The molecule has 0 N–H and O–H groups in total. The van der Waals surface area contributed by atoms with Gasteiger partial charge in [0.1, 0.15) is 18.6 Å². The molecular formula is C22H25NO5. The maximum absolute atomic E-state index is 12.5. The van der Waals surface area contributed by atoms with Crippen molar-refractivity contribution in [1.29, 1.82) is 0 Å². The van der Waals surface area contributed by atoms with E-state index in [0.29, 0.717) is 19.6 Å². The standard InChI is InChI=1S/C22H25NO5/c1-26-20-9-7-18(8-10-20)15-27-21-13-19(11-12-24)23(14-21)22(25)28-16-17-5-3-2-4-6-17/h2-10,12,19,21H,11,13-16H2,1H3/t19-,21+/m0/s1. The van der Waals surface area contributed by atoms with Crippen molar-refractivity contribution in [3.8, 4) is 5.75 Å². The van der Waals surface area contributed by atoms with E-state index in [4.69, 9.17) is 14.2 Å². The molecule has 0 spiro atoms. The van der Waals surface area contributed by atoms with Gasteiger partial charge < -0.3 is 23.9 Å². The molecule has 2 atom stereocenters. The molecule has 1 saturated heterocycles. The van der Waals surface area contributed by atoms with Gasteiger partial charge in [-0.2, -0.15) is 0 Å². The van der Waals surface area contributed by atoms with Crippen molar-refractivity contribution < 1.29 is 23.8 Å². The summed E-state index contributed by atoms with van der Waals surface area (Å²) in [6.45, 7) is 1.07. The fourth-order valence-corrected chi connectivity index (χ4v) is 3.29. The number of carbonyl (C=O) groups is 2. The molecule has 6 heteroatoms. The topological polar surface area (TPSA) is 65.1 Å². The molecule has 1 amide bonds. The number of aldehydes is 1. The average Bonchev–Trinajstić information content (AvgIpc) is 3.15. The molecular weight excluding hydrogens is 358 g/mol. The highest BCUT2D eigenvalue weighted by atomic mass is 16.6. The van der Waals surface area contributed by atoms with E-state index in [1.165, 1.54) is 0 Å². The third kappa shape index (κ3) is 5.33. The zero-order valence-electron chi connectivity index (χ0n) is 16.0. The van der Waals surface area contributed by atoms with E-state index in [9.17, 15) is 9.59 Å². The van der Waals surface area contributed by atoms with Crippen LogP contribution in [0.25, 0.3) is 0 Å². The van der Waals surface area contributed by atoms with Crippen LogP contribution in [0.3, 0.4) is 0 Å². The monoisotopic (exact) mass is 383 g/mol. The molecule has 1 heterocycles. The van der Waals surface area contributed by atoms with Gasteiger partial charge in [-0.1, -0.05) is 42.5 Å². The molecule has 2 aromatic carbocycles. The van der Waals surface area contributed by atoms with E-state index in [-0.39, 0.29) is 25.2 Å². The Morgan fingerprint density at radius 3 is 2.46 bits per heavy atom. The summed E-state index contributed by atoms with van der Waals surface area (Å²) < 4.78 is 16.6. The van der Waals surface area contributed by atoms with Crippen molar-refractivity contribution in [3.63, 3.8) is 0 Å². The van der Waals surface area contributed by atoms with Gasteiger partial charge in [0, 0.05) is 12.5 Å². The van der Waals surface area contributed by atoms with Crippen LogP contribution in [0.2, 0.25) is 0 Å². The first kappa shape index (κ1) is 19.9. The minimum absolute atomic E-state index is 0.128. The summed E-state index contributed by atoms with van der Waals surface area (Å²) >= 11 is 0. The van der Waals surface area contributed by atoms with Crippen molar-refractivity contribution in [2.24, 2.45) is 0 Å². The average molecular weight is 383 g/mol. The van der Waals surface area contributed by atoms with Gasteiger partial charge in [-0.3, -0.25) is 0 Å². The molecule has 148 valence electrons. The minimum Gasteiger partial charge on any atom is -0.497 e. The second-order valence-corrected chi connectivity index (χ2v) is 6.77. The summed E-state index contributed by atoms with van der Waals surface area (Å²) in [5.74, 6) is 0.794. The highest BCUT2D eigenvalue weighted by Crippen LogP contribution is 2.25. The van der Waals surface area contributed by atoms with Crippen LogP contribution >= 0.6 is 0 Å². The SMILES string of the molecule is COc1ccc(CO[C@@H]2C[C@H](CC=O)N(C(=O)OCc3ccccc3)C2)cc1. The molecule has 1 aliphatic heterocycles. The summed E-state index contributed by atoms with van der Waals surface area (Å²) in [5, 5.41) is 0. The number of methoxy groups -OCH3 is 1. The van der Waals surface area contributed by atoms with Gasteiger partial charge in [0.25, 0.3) is 0 Å². The van der Waals surface area contributed by atoms with Crippen LogP contribution in [0.15, 0.2) is 54.6 Å². The Balaban J connectivity index is 1.53. The molecule has 0 radical (unpaired) electrons. The molecule has 1 aliphatic rings. The molecule has 0 aliphatic carbocycles. The van der Waals surface area contributed by atoms with E-state index >= 15 is 0 Å². The van der Waals surface area contributed by atoms with Crippen LogP contribution in [-0.2, 0) is 27.5 Å². The van der Waals surface area contributed by atoms with Crippen LogP contribution < -0.4 is 4.74 Å². The van der Waals surface area contributed by atoms with E-state index in [1.807, 2.05) is 54.6 Å². The summed E-state index contributed by atoms with van der Waals surface area (Å²) in [7, 11) is 1.63. The summed E-state index contributed by atoms with van der Waals surface area (Å²) in [4.78, 5) is 25.1. The molecule has 6 nitrogen and oxygen atoms in total. The third-order valence-corrected chi connectivity index (χ3v) is 4.83. The van der Waals surface area contributed by atoms with Crippen LogP contribution in [0.1, 0.15) is 24.0 Å². The number of likely N-dealkylation sites (tertiary alicyclic amines) is 1. The number of nitrogens with zero attached hydrogens (tertiary/aromatic N) is 1. The second-order valence-electron chi connectivity index (χ2n) is 6.77. The largest absolute Gasteiger partial charge is 0.497 e. The Hall–Kier alpha value is -2.86. The first-order chi connectivity index (χ1) is 13.7. The van der Waals surface area contributed by atoms with Crippen molar-refractivity contribution in [2.75, 3.05) is 13.7 Å². The normalized spacial score (nSPS) is 18.7. The predicted molar refractivity (Wildman–Crippen MR) is 104 cm³/mol. The summed E-state index contributed by atoms with van der Waals surface area (Å²) in [5.41, 5.74) is 1.95. The van der Waals surface area contributed by atoms with Crippen molar-refractivity contribution in [2.45, 2.75) is 38.2 Å². The van der Waals surface area contributed by atoms with Crippen LogP contribution in [0.4, 0.5) is 4.79 Å². The van der Waals surface area contributed by atoms with Crippen molar-refractivity contribution in [1.82, 2.24) is 4.90 Å². The van der Waals surface area contributed by atoms with E-state index in [1.54, 1.807) is 12.0 Å².